The summed E-state index contributed by atoms with van der Waals surface area (Å²) in [4.78, 5) is 12.6. The molecule has 5 N–H and O–H groups in total. The molecule has 0 saturated heterocycles. The molecular weight excluding hydrogens is 399 g/mol. The zero-order valence-corrected chi connectivity index (χ0v) is 16.9. The number of nitrogens with one attached hydrogen (secondary N) is 3. The third-order valence-corrected chi connectivity index (χ3v) is 4.59. The Morgan fingerprint density at radius 2 is 1.71 bits per heavy atom. The number of hydrogen-bond acceptors (Lipinski definition) is 8. The number of benzene rings is 2. The molecule has 4 rings (SSSR count). The summed E-state index contributed by atoms with van der Waals surface area (Å²) >= 11 is 0. The minimum Gasteiger partial charge on any atom is -0.497 e. The topological polar surface area (TPSA) is 127 Å². The maximum Gasteiger partial charge on any atom is 0.235 e. The van der Waals surface area contributed by atoms with Gasteiger partial charge in [0, 0.05) is 6.07 Å². The van der Waals surface area contributed by atoms with Crippen LogP contribution in [-0.4, -0.2) is 32.3 Å². The second-order valence-electron chi connectivity index (χ2n) is 6.78. The fourth-order valence-electron chi connectivity index (χ4n) is 2.96. The van der Waals surface area contributed by atoms with Gasteiger partial charge in [-0.1, -0.05) is 12.1 Å². The molecule has 0 radical (unpaired) electrons. The molecule has 31 heavy (non-hydrogen) atoms. The van der Waals surface area contributed by atoms with Crippen molar-refractivity contribution in [2.24, 2.45) is 0 Å². The molecule has 0 spiro atoms. The van der Waals surface area contributed by atoms with Crippen molar-refractivity contribution in [1.82, 2.24) is 25.1 Å². The fourth-order valence-corrected chi connectivity index (χ4v) is 2.96. The van der Waals surface area contributed by atoms with Crippen molar-refractivity contribution in [1.29, 1.82) is 0 Å². The normalized spacial score (nSPS) is 11.7. The molecule has 0 aliphatic rings. The first-order chi connectivity index (χ1) is 15.0. The lowest BCUT2D eigenvalue weighted by atomic mass is 10.1. The maximum absolute atomic E-state index is 13.1. The standard InChI is InChI=1S/C21H21FN8O/c1-12(13-3-7-15(22)8-4-13)24-20-26-19(23)27-21(28-20)25-18-11-17(29-30-18)14-5-9-16(31-2)10-6-14/h3-12H,1-2H3,(H5,23,24,25,26,27,28,29,30). The number of anilines is 4. The highest BCUT2D eigenvalue weighted by molar-refractivity contribution is 5.65. The zero-order chi connectivity index (χ0) is 21.8. The van der Waals surface area contributed by atoms with E-state index in [1.807, 2.05) is 37.3 Å². The van der Waals surface area contributed by atoms with Crippen LogP contribution in [0.1, 0.15) is 18.5 Å². The van der Waals surface area contributed by atoms with Gasteiger partial charge in [0.05, 0.1) is 18.8 Å². The second-order valence-corrected chi connectivity index (χ2v) is 6.78. The van der Waals surface area contributed by atoms with Crippen LogP contribution in [0.25, 0.3) is 11.3 Å². The van der Waals surface area contributed by atoms with Gasteiger partial charge in [0.2, 0.25) is 17.8 Å². The van der Waals surface area contributed by atoms with Crippen molar-refractivity contribution >= 4 is 23.7 Å². The van der Waals surface area contributed by atoms with Gasteiger partial charge >= 0.3 is 0 Å². The van der Waals surface area contributed by atoms with Crippen molar-refractivity contribution in [2.45, 2.75) is 13.0 Å². The zero-order valence-electron chi connectivity index (χ0n) is 16.9. The van der Waals surface area contributed by atoms with E-state index in [4.69, 9.17) is 10.5 Å². The Balaban J connectivity index is 1.48. The Kier molecular flexibility index (Phi) is 5.61. The number of H-pyrrole nitrogens is 1. The summed E-state index contributed by atoms with van der Waals surface area (Å²) in [7, 11) is 1.62. The van der Waals surface area contributed by atoms with E-state index in [2.05, 4.69) is 35.8 Å². The van der Waals surface area contributed by atoms with Gasteiger partial charge in [0.1, 0.15) is 11.6 Å². The summed E-state index contributed by atoms with van der Waals surface area (Å²) in [6, 6.07) is 15.5. The van der Waals surface area contributed by atoms with Crippen molar-refractivity contribution in [3.8, 4) is 17.0 Å². The van der Waals surface area contributed by atoms with Crippen LogP contribution >= 0.6 is 0 Å². The lowest BCUT2D eigenvalue weighted by Crippen LogP contribution is -2.12. The molecule has 2 heterocycles. The Morgan fingerprint density at radius 3 is 2.42 bits per heavy atom. The number of aromatic amines is 1. The van der Waals surface area contributed by atoms with Gasteiger partial charge in [-0.15, -0.1) is 0 Å². The van der Waals surface area contributed by atoms with Gasteiger partial charge in [-0.2, -0.15) is 20.1 Å². The van der Waals surface area contributed by atoms with Crippen molar-refractivity contribution in [3.05, 3.63) is 66.0 Å². The number of aromatic nitrogens is 5. The lowest BCUT2D eigenvalue weighted by Gasteiger charge is -2.14. The fraction of sp³-hybridized carbons (Fsp3) is 0.143. The van der Waals surface area contributed by atoms with Gasteiger partial charge in [0.15, 0.2) is 5.82 Å². The first-order valence-corrected chi connectivity index (χ1v) is 9.50. The number of nitrogens with two attached hydrogens (primary N) is 1. The minimum absolute atomic E-state index is 0.0530. The molecular formula is C21H21FN8O. The molecule has 0 aliphatic carbocycles. The van der Waals surface area contributed by atoms with Crippen LogP contribution in [0.5, 0.6) is 5.75 Å². The van der Waals surface area contributed by atoms with Crippen LogP contribution in [0.15, 0.2) is 54.6 Å². The van der Waals surface area contributed by atoms with Crippen molar-refractivity contribution in [3.63, 3.8) is 0 Å². The molecule has 2 aromatic carbocycles. The number of hydrogen-bond donors (Lipinski definition) is 4. The number of nitrogen functional groups attached to an aromatic ring is 1. The van der Waals surface area contributed by atoms with Gasteiger partial charge in [0.25, 0.3) is 0 Å². The van der Waals surface area contributed by atoms with E-state index in [1.54, 1.807) is 19.2 Å². The molecule has 0 saturated carbocycles. The molecule has 1 unspecified atom stereocenters. The highest BCUT2D eigenvalue weighted by Crippen LogP contribution is 2.24. The van der Waals surface area contributed by atoms with Crippen LogP contribution in [0.2, 0.25) is 0 Å². The molecule has 0 aliphatic heterocycles. The summed E-state index contributed by atoms with van der Waals surface area (Å²) in [6.45, 7) is 1.91. The number of ether oxygens (including phenoxy) is 1. The van der Waals surface area contributed by atoms with E-state index in [1.165, 1.54) is 12.1 Å². The highest BCUT2D eigenvalue weighted by Gasteiger charge is 2.11. The number of methoxy groups -OCH3 is 1. The van der Waals surface area contributed by atoms with Gasteiger partial charge < -0.3 is 21.1 Å². The average Bonchev–Trinajstić information content (AvgIpc) is 3.22. The summed E-state index contributed by atoms with van der Waals surface area (Å²) in [5.41, 5.74) is 8.49. The summed E-state index contributed by atoms with van der Waals surface area (Å²) in [6.07, 6.45) is 0. The van der Waals surface area contributed by atoms with Gasteiger partial charge in [-0.3, -0.25) is 5.10 Å². The number of halogens is 1. The van der Waals surface area contributed by atoms with Gasteiger partial charge in [-0.05, 0) is 54.4 Å². The Hall–Kier alpha value is -4.21. The predicted octanol–water partition coefficient (Wildman–Crippen LogP) is 3.91. The number of nitrogens with zero attached hydrogens (tertiary/aromatic N) is 4. The van der Waals surface area contributed by atoms with Crippen LogP contribution in [0.4, 0.5) is 28.1 Å². The van der Waals surface area contributed by atoms with Crippen molar-refractivity contribution in [2.75, 3.05) is 23.5 Å². The molecule has 158 valence electrons. The van der Waals surface area contributed by atoms with E-state index in [0.717, 1.165) is 22.6 Å². The second kappa shape index (κ2) is 8.66. The monoisotopic (exact) mass is 420 g/mol. The largest absolute Gasteiger partial charge is 0.497 e. The van der Waals surface area contributed by atoms with E-state index in [9.17, 15) is 4.39 Å². The third kappa shape index (κ3) is 4.86. The van der Waals surface area contributed by atoms with Crippen LogP contribution < -0.4 is 21.1 Å². The molecule has 1 atom stereocenters. The van der Waals surface area contributed by atoms with Crippen LogP contribution in [0, 0.1) is 5.82 Å². The van der Waals surface area contributed by atoms with E-state index in [0.29, 0.717) is 5.82 Å². The summed E-state index contributed by atoms with van der Waals surface area (Å²) in [5.74, 6) is 1.59. The summed E-state index contributed by atoms with van der Waals surface area (Å²) in [5, 5.41) is 13.4. The Bertz CT molecular complexity index is 1160. The molecule has 0 bridgehead atoms. The van der Waals surface area contributed by atoms with Crippen LogP contribution in [0.3, 0.4) is 0 Å². The predicted molar refractivity (Wildman–Crippen MR) is 117 cm³/mol. The first kappa shape index (κ1) is 20.1. The smallest absolute Gasteiger partial charge is 0.235 e. The molecule has 2 aromatic heterocycles. The Morgan fingerprint density at radius 1 is 1.00 bits per heavy atom. The summed E-state index contributed by atoms with van der Waals surface area (Å²) < 4.78 is 18.3. The molecule has 0 amide bonds. The van der Waals surface area contributed by atoms with Crippen molar-refractivity contribution < 1.29 is 9.13 Å². The molecule has 0 fully saturated rings. The molecule has 10 heteroatoms. The van der Waals surface area contributed by atoms with Gasteiger partial charge in [-0.25, -0.2) is 4.39 Å². The van der Waals surface area contributed by atoms with Crippen LogP contribution in [-0.2, 0) is 0 Å². The van der Waals surface area contributed by atoms with E-state index >= 15 is 0 Å². The first-order valence-electron chi connectivity index (χ1n) is 9.50. The minimum atomic E-state index is -0.292. The average molecular weight is 420 g/mol. The maximum atomic E-state index is 13.1. The number of rotatable bonds is 7. The quantitative estimate of drug-likeness (QED) is 0.354. The molecule has 4 aromatic rings. The third-order valence-electron chi connectivity index (χ3n) is 4.59. The SMILES string of the molecule is COc1ccc(-c2cc(Nc3nc(N)nc(NC(C)c4ccc(F)cc4)n3)n[nH]2)cc1. The lowest BCUT2D eigenvalue weighted by molar-refractivity contribution is 0.415. The van der Waals surface area contributed by atoms with E-state index in [-0.39, 0.29) is 29.7 Å². The molecule has 9 nitrogen and oxygen atoms in total. The Labute approximate surface area is 177 Å². The van der Waals surface area contributed by atoms with E-state index < -0.39 is 0 Å². The highest BCUT2D eigenvalue weighted by atomic mass is 19.1.